The Balaban J connectivity index is 1.60. The van der Waals surface area contributed by atoms with Gasteiger partial charge in [-0.25, -0.2) is 0 Å². The second-order valence-corrected chi connectivity index (χ2v) is 7.51. The maximum atomic E-state index is 12.8. The first-order chi connectivity index (χ1) is 14.0. The van der Waals surface area contributed by atoms with Gasteiger partial charge in [-0.2, -0.15) is 0 Å². The van der Waals surface area contributed by atoms with Gasteiger partial charge in [0.25, 0.3) is 0 Å². The monoisotopic (exact) mass is 459 g/mol. The third-order valence-electron chi connectivity index (χ3n) is 4.45. The van der Waals surface area contributed by atoms with Crippen LogP contribution in [0.1, 0.15) is 15.9 Å². The van der Waals surface area contributed by atoms with E-state index in [9.17, 15) is 14.4 Å². The number of hydrogen-bond donors (Lipinski definition) is 2. The van der Waals surface area contributed by atoms with E-state index in [1.165, 1.54) is 0 Å². The zero-order valence-electron chi connectivity index (χ0n) is 15.8. The molecule has 2 aromatic rings. The van der Waals surface area contributed by atoms with Crippen LogP contribution < -0.4 is 10.6 Å². The summed E-state index contributed by atoms with van der Waals surface area (Å²) >= 11 is 3.36. The quantitative estimate of drug-likeness (QED) is 0.618. The molecule has 2 N–H and O–H groups in total. The normalized spacial score (nSPS) is 14.2. The molecule has 7 nitrogen and oxygen atoms in total. The summed E-state index contributed by atoms with van der Waals surface area (Å²) in [5.74, 6) is -0.818. The number of halogens is 1. The summed E-state index contributed by atoms with van der Waals surface area (Å²) in [7, 11) is 0. The maximum absolute atomic E-state index is 12.8. The number of benzene rings is 2. The van der Waals surface area contributed by atoms with Gasteiger partial charge in [0.1, 0.15) is 0 Å². The van der Waals surface area contributed by atoms with Crippen LogP contribution in [-0.2, 0) is 14.3 Å². The van der Waals surface area contributed by atoms with Gasteiger partial charge in [0.05, 0.1) is 32.0 Å². The molecule has 2 amide bonds. The van der Waals surface area contributed by atoms with E-state index in [-0.39, 0.29) is 24.8 Å². The number of nitrogens with zero attached hydrogens (tertiary/aromatic N) is 1. The minimum atomic E-state index is -0.398. The van der Waals surface area contributed by atoms with Crippen LogP contribution in [0.15, 0.2) is 53.0 Å². The summed E-state index contributed by atoms with van der Waals surface area (Å²) in [6, 6.07) is 13.9. The zero-order valence-corrected chi connectivity index (χ0v) is 17.4. The number of rotatable bonds is 7. The van der Waals surface area contributed by atoms with Crippen molar-refractivity contribution in [1.29, 1.82) is 0 Å². The molecule has 1 heterocycles. The van der Waals surface area contributed by atoms with Crippen molar-refractivity contribution in [2.75, 3.05) is 44.7 Å². The predicted molar refractivity (Wildman–Crippen MR) is 113 cm³/mol. The highest BCUT2D eigenvalue weighted by Crippen LogP contribution is 2.24. The van der Waals surface area contributed by atoms with Crippen LogP contribution in [0.25, 0.3) is 0 Å². The summed E-state index contributed by atoms with van der Waals surface area (Å²) in [5.41, 5.74) is 1.30. The molecule has 0 aromatic heterocycles. The van der Waals surface area contributed by atoms with Crippen LogP contribution in [0, 0.1) is 0 Å². The van der Waals surface area contributed by atoms with Crippen molar-refractivity contribution >= 4 is 39.2 Å². The van der Waals surface area contributed by atoms with Crippen LogP contribution >= 0.6 is 15.9 Å². The van der Waals surface area contributed by atoms with Crippen molar-refractivity contribution < 1.29 is 19.1 Å². The molecule has 0 radical (unpaired) electrons. The van der Waals surface area contributed by atoms with E-state index in [2.05, 4.69) is 26.6 Å². The smallest absolute Gasteiger partial charge is 0.243 e. The van der Waals surface area contributed by atoms with Crippen molar-refractivity contribution in [3.8, 4) is 0 Å². The van der Waals surface area contributed by atoms with Crippen molar-refractivity contribution in [3.63, 3.8) is 0 Å². The summed E-state index contributed by atoms with van der Waals surface area (Å²) < 4.78 is 5.98. The minimum absolute atomic E-state index is 0.168. The van der Waals surface area contributed by atoms with E-state index in [0.29, 0.717) is 43.1 Å². The van der Waals surface area contributed by atoms with Gasteiger partial charge in [-0.3, -0.25) is 19.3 Å². The van der Waals surface area contributed by atoms with Gasteiger partial charge in [-0.15, -0.1) is 0 Å². The molecule has 0 atom stereocenters. The average molecular weight is 460 g/mol. The molecule has 1 saturated heterocycles. The van der Waals surface area contributed by atoms with Crippen LogP contribution in [-0.4, -0.2) is 61.9 Å². The molecule has 0 unspecified atom stereocenters. The molecule has 8 heteroatoms. The topological polar surface area (TPSA) is 87.7 Å². The van der Waals surface area contributed by atoms with Gasteiger partial charge < -0.3 is 15.4 Å². The SMILES string of the molecule is O=C(CN1CCOCC1)NCC(=O)Nc1ccc(Br)cc1C(=O)c1ccccc1. The molecule has 29 heavy (non-hydrogen) atoms. The van der Waals surface area contributed by atoms with Crippen LogP contribution in [0.3, 0.4) is 0 Å². The largest absolute Gasteiger partial charge is 0.379 e. The number of nitrogens with one attached hydrogen (secondary N) is 2. The minimum Gasteiger partial charge on any atom is -0.379 e. The highest BCUT2D eigenvalue weighted by molar-refractivity contribution is 9.10. The first-order valence-corrected chi connectivity index (χ1v) is 10.1. The fourth-order valence-electron chi connectivity index (χ4n) is 2.95. The third-order valence-corrected chi connectivity index (χ3v) is 4.95. The third kappa shape index (κ3) is 6.22. The average Bonchev–Trinajstić information content (AvgIpc) is 2.74. The number of amides is 2. The van der Waals surface area contributed by atoms with Gasteiger partial charge >= 0.3 is 0 Å². The second kappa shape index (κ2) is 10.3. The van der Waals surface area contributed by atoms with E-state index in [1.807, 2.05) is 11.0 Å². The standard InChI is InChI=1S/C21H22BrN3O4/c22-16-6-7-18(17(12-16)21(28)15-4-2-1-3-5-15)24-19(26)13-23-20(27)14-25-8-10-29-11-9-25/h1-7,12H,8-11,13-14H2,(H,23,27)(H,24,26). The van der Waals surface area contributed by atoms with Gasteiger partial charge in [-0.05, 0) is 18.2 Å². The molecule has 2 aromatic carbocycles. The Morgan fingerprint density at radius 1 is 1.00 bits per heavy atom. The van der Waals surface area contributed by atoms with Crippen molar-refractivity contribution in [2.24, 2.45) is 0 Å². The Labute approximate surface area is 177 Å². The summed E-state index contributed by atoms with van der Waals surface area (Å²) in [4.78, 5) is 39.2. The van der Waals surface area contributed by atoms with Crippen LogP contribution in [0.5, 0.6) is 0 Å². The Bertz CT molecular complexity index is 883. The van der Waals surface area contributed by atoms with E-state index in [1.54, 1.807) is 42.5 Å². The highest BCUT2D eigenvalue weighted by Gasteiger charge is 2.17. The Morgan fingerprint density at radius 3 is 2.45 bits per heavy atom. The van der Waals surface area contributed by atoms with Crippen LogP contribution in [0.2, 0.25) is 0 Å². The molecule has 1 aliphatic rings. The van der Waals surface area contributed by atoms with Crippen molar-refractivity contribution in [2.45, 2.75) is 0 Å². The number of ketones is 1. The number of hydrogen-bond acceptors (Lipinski definition) is 5. The fraction of sp³-hybridized carbons (Fsp3) is 0.286. The lowest BCUT2D eigenvalue weighted by atomic mass is 10.0. The predicted octanol–water partition coefficient (Wildman–Crippen LogP) is 2.07. The van der Waals surface area contributed by atoms with Crippen molar-refractivity contribution in [1.82, 2.24) is 10.2 Å². The molecule has 0 spiro atoms. The maximum Gasteiger partial charge on any atom is 0.243 e. The molecule has 152 valence electrons. The van der Waals surface area contributed by atoms with Crippen LogP contribution in [0.4, 0.5) is 5.69 Å². The number of carbonyl (C=O) groups excluding carboxylic acids is 3. The Hall–Kier alpha value is -2.55. The highest BCUT2D eigenvalue weighted by atomic mass is 79.9. The first kappa shape index (κ1) is 21.2. The van der Waals surface area contributed by atoms with Crippen molar-refractivity contribution in [3.05, 3.63) is 64.1 Å². The summed E-state index contributed by atoms with van der Waals surface area (Å²) in [6.45, 7) is 2.67. The summed E-state index contributed by atoms with van der Waals surface area (Å²) in [6.07, 6.45) is 0. The molecule has 0 bridgehead atoms. The number of carbonyl (C=O) groups is 3. The fourth-order valence-corrected chi connectivity index (χ4v) is 3.31. The van der Waals surface area contributed by atoms with E-state index in [0.717, 1.165) is 4.47 Å². The van der Waals surface area contributed by atoms with Gasteiger partial charge in [0.2, 0.25) is 11.8 Å². The molecular weight excluding hydrogens is 438 g/mol. The first-order valence-electron chi connectivity index (χ1n) is 9.29. The lowest BCUT2D eigenvalue weighted by Gasteiger charge is -2.25. The second-order valence-electron chi connectivity index (χ2n) is 6.60. The molecule has 0 saturated carbocycles. The molecular formula is C21H22BrN3O4. The van der Waals surface area contributed by atoms with E-state index in [4.69, 9.17) is 4.74 Å². The number of morpholine rings is 1. The van der Waals surface area contributed by atoms with E-state index >= 15 is 0 Å². The number of ether oxygens (including phenoxy) is 1. The van der Waals surface area contributed by atoms with Gasteiger partial charge in [0, 0.05) is 28.7 Å². The lowest BCUT2D eigenvalue weighted by Crippen LogP contribution is -2.44. The molecule has 1 aliphatic heterocycles. The zero-order chi connectivity index (χ0) is 20.6. The molecule has 3 rings (SSSR count). The Kier molecular flexibility index (Phi) is 7.51. The molecule has 0 aliphatic carbocycles. The van der Waals surface area contributed by atoms with Gasteiger partial charge in [-0.1, -0.05) is 46.3 Å². The van der Waals surface area contributed by atoms with Gasteiger partial charge in [0.15, 0.2) is 5.78 Å². The number of anilines is 1. The van der Waals surface area contributed by atoms with E-state index < -0.39 is 5.91 Å². The molecule has 1 fully saturated rings. The lowest BCUT2D eigenvalue weighted by molar-refractivity contribution is -0.125. The summed E-state index contributed by atoms with van der Waals surface area (Å²) in [5, 5.41) is 5.33. The Morgan fingerprint density at radius 2 is 1.72 bits per heavy atom.